The minimum atomic E-state index is -3.89. The summed E-state index contributed by atoms with van der Waals surface area (Å²) in [5, 5.41) is 14.9. The highest BCUT2D eigenvalue weighted by Gasteiger charge is 2.30. The van der Waals surface area contributed by atoms with Crippen molar-refractivity contribution in [2.75, 3.05) is 0 Å². The average molecular weight is 355 g/mol. The van der Waals surface area contributed by atoms with Crippen LogP contribution in [0.3, 0.4) is 0 Å². The fraction of sp³-hybridized carbons (Fsp3) is 0.455. The minimum absolute atomic E-state index is 0.0149. The van der Waals surface area contributed by atoms with Crippen molar-refractivity contribution in [3.05, 3.63) is 27.2 Å². The van der Waals surface area contributed by atoms with Crippen LogP contribution in [0.25, 0.3) is 0 Å². The summed E-state index contributed by atoms with van der Waals surface area (Å²) in [6.07, 6.45) is 1.57. The smallest absolute Gasteiger partial charge is 0.239 e. The van der Waals surface area contributed by atoms with Crippen LogP contribution in [0.2, 0.25) is 5.02 Å². The van der Waals surface area contributed by atoms with Gasteiger partial charge in [0.05, 0.1) is 11.1 Å². The number of rotatable bonds is 2. The highest BCUT2D eigenvalue weighted by Crippen LogP contribution is 2.41. The average Bonchev–Trinajstić information content (AvgIpc) is 2.66. The molecule has 1 aliphatic carbocycles. The fourth-order valence-electron chi connectivity index (χ4n) is 2.40. The van der Waals surface area contributed by atoms with Crippen molar-refractivity contribution in [1.82, 2.24) is 0 Å². The lowest BCUT2D eigenvalue weighted by molar-refractivity contribution is 0.181. The Balaban J connectivity index is 2.58. The summed E-state index contributed by atoms with van der Waals surface area (Å²) >= 11 is 9.22. The third kappa shape index (κ3) is 2.72. The predicted molar refractivity (Wildman–Crippen MR) is 73.1 cm³/mol. The van der Waals surface area contributed by atoms with Crippen LogP contribution in [0.15, 0.2) is 21.5 Å². The molecule has 7 heteroatoms. The van der Waals surface area contributed by atoms with Crippen molar-refractivity contribution in [3.8, 4) is 0 Å². The molecule has 1 fully saturated rings. The topological polar surface area (TPSA) is 80.4 Å². The Hall–Kier alpha value is -0.140. The van der Waals surface area contributed by atoms with Gasteiger partial charge in [0.15, 0.2) is 0 Å². The molecule has 0 heterocycles. The second-order valence-corrected chi connectivity index (χ2v) is 7.22. The third-order valence-electron chi connectivity index (χ3n) is 3.21. The highest BCUT2D eigenvalue weighted by molar-refractivity contribution is 9.10. The fourth-order valence-corrected chi connectivity index (χ4v) is 4.28. The lowest BCUT2D eigenvalue weighted by Crippen LogP contribution is -2.16. The van der Waals surface area contributed by atoms with Crippen LogP contribution in [0.5, 0.6) is 0 Å². The van der Waals surface area contributed by atoms with Crippen molar-refractivity contribution in [2.45, 2.75) is 36.2 Å². The van der Waals surface area contributed by atoms with E-state index in [-0.39, 0.29) is 21.9 Å². The van der Waals surface area contributed by atoms with Gasteiger partial charge in [0, 0.05) is 4.47 Å². The van der Waals surface area contributed by atoms with E-state index in [1.54, 1.807) is 12.1 Å². The van der Waals surface area contributed by atoms with Crippen molar-refractivity contribution >= 4 is 37.6 Å². The molecule has 0 spiro atoms. The Morgan fingerprint density at radius 2 is 2.06 bits per heavy atom. The van der Waals surface area contributed by atoms with Crippen LogP contribution in [0.1, 0.15) is 30.7 Å². The van der Waals surface area contributed by atoms with Gasteiger partial charge in [-0.2, -0.15) is 0 Å². The standard InChI is InChI=1S/C11H13BrClNO3S/c12-9-4-3-8(6-1-2-7(15)5-6)11(10(9)13)18(14,16)17/h3-4,6-7,15H,1-2,5H2,(H2,14,16,17)/t6-,7+/m1/s1. The number of halogens is 2. The molecule has 0 radical (unpaired) electrons. The number of benzene rings is 1. The summed E-state index contributed by atoms with van der Waals surface area (Å²) in [5.74, 6) is -0.0149. The Labute approximate surface area is 119 Å². The van der Waals surface area contributed by atoms with Gasteiger partial charge in [-0.15, -0.1) is 0 Å². The van der Waals surface area contributed by atoms with Crippen LogP contribution >= 0.6 is 27.5 Å². The molecule has 1 aliphatic rings. The van der Waals surface area contributed by atoms with Gasteiger partial charge < -0.3 is 5.11 Å². The Morgan fingerprint density at radius 1 is 1.39 bits per heavy atom. The maximum atomic E-state index is 11.7. The van der Waals surface area contributed by atoms with E-state index in [9.17, 15) is 13.5 Å². The van der Waals surface area contributed by atoms with Crippen molar-refractivity contribution in [1.29, 1.82) is 0 Å². The van der Waals surface area contributed by atoms with Gasteiger partial charge in [-0.25, -0.2) is 13.6 Å². The molecular weight excluding hydrogens is 342 g/mol. The first kappa shape index (κ1) is 14.3. The lowest BCUT2D eigenvalue weighted by atomic mass is 9.97. The first-order valence-corrected chi connectivity index (χ1v) is 8.21. The van der Waals surface area contributed by atoms with Gasteiger partial charge >= 0.3 is 0 Å². The predicted octanol–water partition coefficient (Wildman–Crippen LogP) is 2.38. The molecule has 2 atom stereocenters. The number of aliphatic hydroxyl groups is 1. The highest BCUT2D eigenvalue weighted by atomic mass is 79.9. The summed E-state index contributed by atoms with van der Waals surface area (Å²) in [7, 11) is -3.89. The summed E-state index contributed by atoms with van der Waals surface area (Å²) in [6.45, 7) is 0. The summed E-state index contributed by atoms with van der Waals surface area (Å²) in [5.41, 5.74) is 0.599. The molecule has 100 valence electrons. The van der Waals surface area contributed by atoms with E-state index in [0.29, 0.717) is 22.9 Å². The van der Waals surface area contributed by atoms with Crippen LogP contribution < -0.4 is 5.14 Å². The second kappa shape index (κ2) is 5.09. The molecule has 0 amide bonds. The molecular formula is C11H13BrClNO3S. The number of hydrogen-bond acceptors (Lipinski definition) is 3. The van der Waals surface area contributed by atoms with E-state index in [1.165, 1.54) is 0 Å². The zero-order valence-electron chi connectivity index (χ0n) is 9.44. The van der Waals surface area contributed by atoms with E-state index in [0.717, 1.165) is 6.42 Å². The van der Waals surface area contributed by atoms with Crippen molar-refractivity contribution in [3.63, 3.8) is 0 Å². The first-order valence-electron chi connectivity index (χ1n) is 5.49. The van der Waals surface area contributed by atoms with Crippen LogP contribution in [0, 0.1) is 0 Å². The van der Waals surface area contributed by atoms with Gasteiger partial charge in [0.1, 0.15) is 4.90 Å². The molecule has 0 bridgehead atoms. The largest absolute Gasteiger partial charge is 0.393 e. The Kier molecular flexibility index (Phi) is 4.04. The zero-order valence-corrected chi connectivity index (χ0v) is 12.6. The summed E-state index contributed by atoms with van der Waals surface area (Å²) in [6, 6.07) is 3.41. The van der Waals surface area contributed by atoms with Gasteiger partial charge in [0.25, 0.3) is 0 Å². The van der Waals surface area contributed by atoms with Gasteiger partial charge in [-0.3, -0.25) is 0 Å². The molecule has 1 saturated carbocycles. The van der Waals surface area contributed by atoms with E-state index >= 15 is 0 Å². The van der Waals surface area contributed by atoms with E-state index in [1.807, 2.05) is 0 Å². The van der Waals surface area contributed by atoms with Crippen LogP contribution in [0.4, 0.5) is 0 Å². The Morgan fingerprint density at radius 3 is 2.56 bits per heavy atom. The molecule has 4 nitrogen and oxygen atoms in total. The number of aliphatic hydroxyl groups excluding tert-OH is 1. The van der Waals surface area contributed by atoms with Crippen molar-refractivity contribution in [2.24, 2.45) is 5.14 Å². The van der Waals surface area contributed by atoms with E-state index in [4.69, 9.17) is 16.7 Å². The molecule has 18 heavy (non-hydrogen) atoms. The molecule has 2 rings (SSSR count). The molecule has 0 aromatic heterocycles. The normalized spacial score (nSPS) is 24.4. The van der Waals surface area contributed by atoms with Crippen molar-refractivity contribution < 1.29 is 13.5 Å². The minimum Gasteiger partial charge on any atom is -0.393 e. The number of primary sulfonamides is 1. The molecule has 1 aromatic rings. The van der Waals surface area contributed by atoms with Crippen LogP contribution in [-0.2, 0) is 10.0 Å². The second-order valence-electron chi connectivity index (χ2n) is 4.49. The lowest BCUT2D eigenvalue weighted by Gasteiger charge is -2.16. The summed E-state index contributed by atoms with van der Waals surface area (Å²) in [4.78, 5) is -0.0300. The first-order chi connectivity index (χ1) is 8.30. The number of sulfonamides is 1. The SMILES string of the molecule is NS(=O)(=O)c1c([C@@H]2CC[C@H](O)C2)ccc(Br)c1Cl. The maximum Gasteiger partial charge on any atom is 0.239 e. The molecule has 0 unspecified atom stereocenters. The molecule has 3 N–H and O–H groups in total. The van der Waals surface area contributed by atoms with Crippen LogP contribution in [-0.4, -0.2) is 19.6 Å². The molecule has 1 aromatic carbocycles. The zero-order chi connectivity index (χ0) is 13.5. The number of nitrogens with two attached hydrogens (primary N) is 1. The van der Waals surface area contributed by atoms with E-state index < -0.39 is 10.0 Å². The molecule has 0 saturated heterocycles. The van der Waals surface area contributed by atoms with Gasteiger partial charge in [-0.1, -0.05) is 17.7 Å². The third-order valence-corrected chi connectivity index (χ3v) is 5.61. The van der Waals surface area contributed by atoms with Gasteiger partial charge in [-0.05, 0) is 52.7 Å². The maximum absolute atomic E-state index is 11.7. The number of hydrogen-bond donors (Lipinski definition) is 2. The monoisotopic (exact) mass is 353 g/mol. The summed E-state index contributed by atoms with van der Waals surface area (Å²) < 4.78 is 23.8. The molecule has 0 aliphatic heterocycles. The van der Waals surface area contributed by atoms with E-state index in [2.05, 4.69) is 15.9 Å². The quantitative estimate of drug-likeness (QED) is 0.855. The van der Waals surface area contributed by atoms with Gasteiger partial charge in [0.2, 0.25) is 10.0 Å². The Bertz CT molecular complexity index is 576.